The quantitative estimate of drug-likeness (QED) is 0.943. The van der Waals surface area contributed by atoms with Crippen molar-refractivity contribution < 1.29 is 9.84 Å². The number of benzene rings is 1. The van der Waals surface area contributed by atoms with Crippen molar-refractivity contribution in [1.29, 1.82) is 0 Å². The molecule has 0 fully saturated rings. The predicted molar refractivity (Wildman–Crippen MR) is 71.0 cm³/mol. The molecule has 0 bridgehead atoms. The molecule has 17 heavy (non-hydrogen) atoms. The van der Waals surface area contributed by atoms with Gasteiger partial charge in [-0.05, 0) is 27.1 Å². The maximum atomic E-state index is 10.4. The molecule has 2 aromatic rings. The Kier molecular flexibility index (Phi) is 4.28. The molecule has 2 rings (SSSR count). The summed E-state index contributed by atoms with van der Waals surface area (Å²) in [4.78, 5) is 4.90. The number of aromatic nitrogens is 1. The first-order valence-corrected chi connectivity index (χ1v) is 6.75. The molecule has 0 aliphatic carbocycles. The van der Waals surface area contributed by atoms with Crippen molar-refractivity contribution in [2.75, 3.05) is 7.11 Å². The number of thiazole rings is 1. The molecule has 0 saturated heterocycles. The Morgan fingerprint density at radius 1 is 1.47 bits per heavy atom. The summed E-state index contributed by atoms with van der Waals surface area (Å²) < 4.78 is 5.83. The number of nitrogens with zero attached hydrogens (tertiary/aromatic N) is 1. The van der Waals surface area contributed by atoms with Crippen molar-refractivity contribution in [1.82, 2.24) is 4.98 Å². The minimum atomic E-state index is -0.664. The van der Waals surface area contributed by atoms with E-state index in [9.17, 15) is 5.11 Å². The number of rotatable bonds is 4. The summed E-state index contributed by atoms with van der Waals surface area (Å²) in [5, 5.41) is 10.4. The Morgan fingerprint density at radius 3 is 2.88 bits per heavy atom. The average molecular weight is 314 g/mol. The lowest BCUT2D eigenvalue weighted by atomic mass is 10.0. The first-order valence-electron chi connectivity index (χ1n) is 5.07. The van der Waals surface area contributed by atoms with Crippen LogP contribution in [-0.2, 0) is 11.3 Å². The van der Waals surface area contributed by atoms with E-state index < -0.39 is 6.10 Å². The molecule has 1 N–H and O–H groups in total. The van der Waals surface area contributed by atoms with Crippen LogP contribution in [0.2, 0.25) is 0 Å². The number of halogens is 1. The molecule has 1 unspecified atom stereocenters. The summed E-state index contributed by atoms with van der Waals surface area (Å²) in [5.41, 5.74) is 3.56. The molecular weight excluding hydrogens is 302 g/mol. The molecule has 0 aliphatic rings. The molecular formula is C12H12BrNO2S. The van der Waals surface area contributed by atoms with Gasteiger partial charge in [0.2, 0.25) is 0 Å². The van der Waals surface area contributed by atoms with Crippen LogP contribution in [0.25, 0.3) is 0 Å². The van der Waals surface area contributed by atoms with E-state index in [1.165, 1.54) is 11.3 Å². The van der Waals surface area contributed by atoms with Gasteiger partial charge in [-0.25, -0.2) is 4.98 Å². The molecule has 0 aliphatic heterocycles. The van der Waals surface area contributed by atoms with Gasteiger partial charge in [-0.3, -0.25) is 0 Å². The molecule has 0 saturated carbocycles. The summed E-state index contributed by atoms with van der Waals surface area (Å²) >= 11 is 4.77. The average Bonchev–Trinajstić information content (AvgIpc) is 2.76. The van der Waals surface area contributed by atoms with Crippen molar-refractivity contribution in [2.24, 2.45) is 0 Å². The maximum Gasteiger partial charge on any atom is 0.123 e. The molecule has 0 amide bonds. The van der Waals surface area contributed by atoms with Gasteiger partial charge < -0.3 is 9.84 Å². The minimum Gasteiger partial charge on any atom is -0.383 e. The highest BCUT2D eigenvalue weighted by atomic mass is 79.9. The Morgan fingerprint density at radius 2 is 2.24 bits per heavy atom. The zero-order valence-corrected chi connectivity index (χ0v) is 11.7. The van der Waals surface area contributed by atoms with Crippen LogP contribution in [0.15, 0.2) is 34.4 Å². The molecule has 0 radical (unpaired) electrons. The Balaban J connectivity index is 2.37. The number of methoxy groups -OCH3 is 1. The highest BCUT2D eigenvalue weighted by Crippen LogP contribution is 2.32. The zero-order chi connectivity index (χ0) is 12.3. The van der Waals surface area contributed by atoms with Gasteiger partial charge in [0, 0.05) is 7.11 Å². The number of aliphatic hydroxyl groups excluding tert-OH is 1. The van der Waals surface area contributed by atoms with Crippen LogP contribution in [0.5, 0.6) is 0 Å². The van der Waals surface area contributed by atoms with Gasteiger partial charge in [0.25, 0.3) is 0 Å². The summed E-state index contributed by atoms with van der Waals surface area (Å²) in [6.45, 7) is 0.490. The van der Waals surface area contributed by atoms with Gasteiger partial charge in [-0.1, -0.05) is 24.3 Å². The van der Waals surface area contributed by atoms with Crippen LogP contribution in [0.4, 0.5) is 0 Å². The Labute approximate surface area is 112 Å². The van der Waals surface area contributed by atoms with Gasteiger partial charge >= 0.3 is 0 Å². The van der Waals surface area contributed by atoms with E-state index in [1.807, 2.05) is 24.3 Å². The molecule has 5 heteroatoms. The van der Waals surface area contributed by atoms with E-state index in [0.717, 1.165) is 16.0 Å². The molecule has 90 valence electrons. The third-order valence-corrected chi connectivity index (χ3v) is 4.22. The minimum absolute atomic E-state index is 0.490. The predicted octanol–water partition coefficient (Wildman–Crippen LogP) is 3.13. The smallest absolute Gasteiger partial charge is 0.123 e. The van der Waals surface area contributed by atoms with Crippen LogP contribution < -0.4 is 0 Å². The summed E-state index contributed by atoms with van der Waals surface area (Å²) in [5.74, 6) is 0. The third-order valence-electron chi connectivity index (χ3n) is 2.45. The van der Waals surface area contributed by atoms with E-state index in [2.05, 4.69) is 20.9 Å². The van der Waals surface area contributed by atoms with Crippen molar-refractivity contribution in [3.63, 3.8) is 0 Å². The molecule has 1 heterocycles. The summed E-state index contributed by atoms with van der Waals surface area (Å²) in [6.07, 6.45) is -0.664. The van der Waals surface area contributed by atoms with Gasteiger partial charge in [-0.2, -0.15) is 0 Å². The monoisotopic (exact) mass is 313 g/mol. The van der Waals surface area contributed by atoms with E-state index in [4.69, 9.17) is 4.74 Å². The second-order valence-corrected chi connectivity index (χ2v) is 5.18. The normalized spacial score (nSPS) is 12.6. The SMILES string of the molecule is COCc1ccccc1C(O)c1scnc1Br. The second kappa shape index (κ2) is 5.73. The standard InChI is InChI=1S/C12H12BrNO2S/c1-16-6-8-4-2-3-5-9(8)10(15)11-12(13)14-7-17-11/h2-5,7,10,15H,6H2,1H3. The lowest BCUT2D eigenvalue weighted by Crippen LogP contribution is -2.03. The Hall–Kier alpha value is -0.750. The number of aliphatic hydroxyl groups is 1. The zero-order valence-electron chi connectivity index (χ0n) is 9.26. The topological polar surface area (TPSA) is 42.4 Å². The van der Waals surface area contributed by atoms with Crippen LogP contribution >= 0.6 is 27.3 Å². The Bertz CT molecular complexity index is 501. The van der Waals surface area contributed by atoms with E-state index in [-0.39, 0.29) is 0 Å². The van der Waals surface area contributed by atoms with Crippen molar-refractivity contribution in [3.8, 4) is 0 Å². The van der Waals surface area contributed by atoms with E-state index in [1.54, 1.807) is 12.6 Å². The van der Waals surface area contributed by atoms with Gasteiger partial charge in [0.05, 0.1) is 17.0 Å². The first kappa shape index (κ1) is 12.7. The van der Waals surface area contributed by atoms with Crippen LogP contribution in [0.1, 0.15) is 22.1 Å². The fourth-order valence-corrected chi connectivity index (χ4v) is 3.06. The third kappa shape index (κ3) is 2.74. The molecule has 1 atom stereocenters. The van der Waals surface area contributed by atoms with E-state index in [0.29, 0.717) is 11.2 Å². The first-order chi connectivity index (χ1) is 8.24. The van der Waals surface area contributed by atoms with Crippen molar-refractivity contribution in [3.05, 3.63) is 50.4 Å². The fraction of sp³-hybridized carbons (Fsp3) is 0.250. The lowest BCUT2D eigenvalue weighted by Gasteiger charge is -2.14. The van der Waals surface area contributed by atoms with Crippen molar-refractivity contribution in [2.45, 2.75) is 12.7 Å². The number of ether oxygens (including phenoxy) is 1. The molecule has 0 spiro atoms. The highest BCUT2D eigenvalue weighted by molar-refractivity contribution is 9.10. The summed E-state index contributed by atoms with van der Waals surface area (Å²) in [6, 6.07) is 7.71. The maximum absolute atomic E-state index is 10.4. The number of hydrogen-bond donors (Lipinski definition) is 1. The molecule has 1 aromatic heterocycles. The van der Waals surface area contributed by atoms with Gasteiger partial charge in [-0.15, -0.1) is 11.3 Å². The van der Waals surface area contributed by atoms with Gasteiger partial charge in [0.1, 0.15) is 10.7 Å². The van der Waals surface area contributed by atoms with Gasteiger partial charge in [0.15, 0.2) is 0 Å². The van der Waals surface area contributed by atoms with Crippen molar-refractivity contribution >= 4 is 27.3 Å². The summed E-state index contributed by atoms with van der Waals surface area (Å²) in [7, 11) is 1.64. The molecule has 3 nitrogen and oxygen atoms in total. The van der Waals surface area contributed by atoms with Crippen LogP contribution in [-0.4, -0.2) is 17.2 Å². The molecule has 1 aromatic carbocycles. The van der Waals surface area contributed by atoms with Crippen LogP contribution in [0.3, 0.4) is 0 Å². The largest absolute Gasteiger partial charge is 0.383 e. The van der Waals surface area contributed by atoms with Crippen LogP contribution in [0, 0.1) is 0 Å². The van der Waals surface area contributed by atoms with E-state index >= 15 is 0 Å². The second-order valence-electron chi connectivity index (χ2n) is 3.54. The highest BCUT2D eigenvalue weighted by Gasteiger charge is 2.18. The number of hydrogen-bond acceptors (Lipinski definition) is 4. The lowest BCUT2D eigenvalue weighted by molar-refractivity contribution is 0.176. The fourth-order valence-electron chi connectivity index (χ4n) is 1.65.